The zero-order valence-corrected chi connectivity index (χ0v) is 18.5. The van der Waals surface area contributed by atoms with Crippen LogP contribution in [0.2, 0.25) is 0 Å². The van der Waals surface area contributed by atoms with Crippen molar-refractivity contribution in [1.29, 1.82) is 0 Å². The van der Waals surface area contributed by atoms with Gasteiger partial charge in [-0.2, -0.15) is 0 Å². The van der Waals surface area contributed by atoms with Crippen LogP contribution in [-0.4, -0.2) is 56.0 Å². The summed E-state index contributed by atoms with van der Waals surface area (Å²) >= 11 is 0. The third-order valence-electron chi connectivity index (χ3n) is 6.26. The first-order chi connectivity index (χ1) is 15.7. The second kappa shape index (κ2) is 11.2. The lowest BCUT2D eigenvalue weighted by Gasteiger charge is -2.32. The molecular formula is C26H32N2O4. The highest BCUT2D eigenvalue weighted by Crippen LogP contribution is 2.31. The number of morpholine rings is 1. The average Bonchev–Trinajstić information content (AvgIpc) is 2.84. The van der Waals surface area contributed by atoms with Crippen molar-refractivity contribution >= 4 is 11.7 Å². The average molecular weight is 437 g/mol. The fourth-order valence-electron chi connectivity index (χ4n) is 4.47. The van der Waals surface area contributed by atoms with E-state index >= 15 is 0 Å². The molecule has 2 aliphatic heterocycles. The molecule has 2 atom stereocenters. The molecule has 0 saturated carbocycles. The van der Waals surface area contributed by atoms with Crippen LogP contribution in [0.5, 0.6) is 5.75 Å². The molecule has 170 valence electrons. The summed E-state index contributed by atoms with van der Waals surface area (Å²) in [4.78, 5) is 26.8. The Morgan fingerprint density at radius 3 is 2.56 bits per heavy atom. The quantitative estimate of drug-likeness (QED) is 0.644. The highest BCUT2D eigenvalue weighted by atomic mass is 16.5. The molecule has 0 radical (unpaired) electrons. The molecule has 1 amide bonds. The van der Waals surface area contributed by atoms with Crippen LogP contribution in [0, 0.1) is 5.92 Å². The van der Waals surface area contributed by atoms with E-state index < -0.39 is 0 Å². The maximum atomic E-state index is 12.7. The van der Waals surface area contributed by atoms with Gasteiger partial charge in [0, 0.05) is 44.4 Å². The Morgan fingerprint density at radius 1 is 1.06 bits per heavy atom. The minimum Gasteiger partial charge on any atom is -0.494 e. The number of ether oxygens (including phenoxy) is 2. The minimum absolute atomic E-state index is 0.0108. The molecule has 2 aliphatic rings. The molecule has 0 bridgehead atoms. The van der Waals surface area contributed by atoms with Gasteiger partial charge in [-0.15, -0.1) is 0 Å². The summed E-state index contributed by atoms with van der Waals surface area (Å²) in [5, 5.41) is 3.54. The predicted octanol–water partition coefficient (Wildman–Crippen LogP) is 3.17. The third kappa shape index (κ3) is 5.96. The Bertz CT molecular complexity index is 878. The van der Waals surface area contributed by atoms with Crippen molar-refractivity contribution in [3.8, 4) is 5.75 Å². The molecule has 4 rings (SSSR count). The number of nitrogens with one attached hydrogen (secondary N) is 1. The highest BCUT2D eigenvalue weighted by molar-refractivity contribution is 5.83. The molecule has 6 heteroatoms. The zero-order chi connectivity index (χ0) is 22.2. The number of hydrogen-bond acceptors (Lipinski definition) is 5. The first-order valence-corrected chi connectivity index (χ1v) is 11.6. The molecule has 2 heterocycles. The lowest BCUT2D eigenvalue weighted by atomic mass is 9.81. The van der Waals surface area contributed by atoms with E-state index in [0.29, 0.717) is 64.5 Å². The number of hydrogen-bond donors (Lipinski definition) is 1. The summed E-state index contributed by atoms with van der Waals surface area (Å²) in [6.45, 7) is 3.84. The van der Waals surface area contributed by atoms with Gasteiger partial charge in [0.2, 0.25) is 5.91 Å². The van der Waals surface area contributed by atoms with Crippen LogP contribution in [0.25, 0.3) is 0 Å². The number of carbonyl (C=O) groups excluding carboxylic acids is 2. The van der Waals surface area contributed by atoms with Crippen LogP contribution < -0.4 is 10.1 Å². The predicted molar refractivity (Wildman–Crippen MR) is 123 cm³/mol. The standard InChI is InChI=1S/C26H32N2O4/c29-24-12-13-27-26(23(24)19-20-5-2-1-3-6-20)21-8-10-22(11-9-21)32-16-4-7-25(30)28-14-17-31-18-15-28/h1-3,5-6,8-11,23,26-27H,4,7,12-19H2. The van der Waals surface area contributed by atoms with E-state index in [1.807, 2.05) is 47.4 Å². The van der Waals surface area contributed by atoms with Crippen LogP contribution in [0.15, 0.2) is 54.6 Å². The van der Waals surface area contributed by atoms with Crippen LogP contribution in [0.4, 0.5) is 0 Å². The fourth-order valence-corrected chi connectivity index (χ4v) is 4.47. The molecule has 6 nitrogen and oxygen atoms in total. The van der Waals surface area contributed by atoms with Crippen molar-refractivity contribution in [3.05, 3.63) is 65.7 Å². The second-order valence-electron chi connectivity index (χ2n) is 8.46. The Hall–Kier alpha value is -2.70. The Balaban J connectivity index is 1.29. The van der Waals surface area contributed by atoms with Gasteiger partial charge in [-0.25, -0.2) is 0 Å². The maximum absolute atomic E-state index is 12.7. The number of carbonyl (C=O) groups is 2. The van der Waals surface area contributed by atoms with Gasteiger partial charge < -0.3 is 19.7 Å². The van der Waals surface area contributed by atoms with E-state index in [0.717, 1.165) is 17.7 Å². The molecule has 1 N–H and O–H groups in total. The number of ketones is 1. The Morgan fingerprint density at radius 2 is 1.81 bits per heavy atom. The monoisotopic (exact) mass is 436 g/mol. The summed E-state index contributed by atoms with van der Waals surface area (Å²) in [6, 6.07) is 18.2. The minimum atomic E-state index is -0.0656. The molecule has 0 spiro atoms. The van der Waals surface area contributed by atoms with Crippen molar-refractivity contribution in [2.24, 2.45) is 5.92 Å². The largest absolute Gasteiger partial charge is 0.494 e. The smallest absolute Gasteiger partial charge is 0.222 e. The van der Waals surface area contributed by atoms with E-state index in [1.54, 1.807) is 0 Å². The van der Waals surface area contributed by atoms with E-state index in [4.69, 9.17) is 9.47 Å². The number of benzene rings is 2. The van der Waals surface area contributed by atoms with E-state index in [-0.39, 0.29) is 17.9 Å². The molecule has 2 fully saturated rings. The molecule has 2 aromatic carbocycles. The number of Topliss-reactive ketones (excluding diaryl/α,β-unsaturated/α-hetero) is 1. The molecule has 32 heavy (non-hydrogen) atoms. The summed E-state index contributed by atoms with van der Waals surface area (Å²) in [5.74, 6) is 1.21. The summed E-state index contributed by atoms with van der Waals surface area (Å²) in [6.07, 6.45) is 2.51. The second-order valence-corrected chi connectivity index (χ2v) is 8.46. The van der Waals surface area contributed by atoms with E-state index in [2.05, 4.69) is 17.4 Å². The number of rotatable bonds is 8. The van der Waals surface area contributed by atoms with Gasteiger partial charge in [-0.1, -0.05) is 42.5 Å². The van der Waals surface area contributed by atoms with Gasteiger partial charge >= 0.3 is 0 Å². The fraction of sp³-hybridized carbons (Fsp3) is 0.462. The van der Waals surface area contributed by atoms with Gasteiger partial charge in [0.15, 0.2) is 0 Å². The number of amides is 1. The Kier molecular flexibility index (Phi) is 7.91. The maximum Gasteiger partial charge on any atom is 0.222 e. The molecule has 0 aliphatic carbocycles. The first kappa shape index (κ1) is 22.5. The van der Waals surface area contributed by atoms with Crippen molar-refractivity contribution in [1.82, 2.24) is 10.2 Å². The van der Waals surface area contributed by atoms with Gasteiger partial charge in [0.1, 0.15) is 11.5 Å². The lowest BCUT2D eigenvalue weighted by Crippen LogP contribution is -2.41. The molecular weight excluding hydrogens is 404 g/mol. The zero-order valence-electron chi connectivity index (χ0n) is 18.5. The molecule has 2 aromatic rings. The van der Waals surface area contributed by atoms with Gasteiger partial charge in [0.05, 0.1) is 19.8 Å². The van der Waals surface area contributed by atoms with Crippen LogP contribution in [0.1, 0.15) is 36.4 Å². The van der Waals surface area contributed by atoms with Crippen molar-refractivity contribution < 1.29 is 19.1 Å². The molecule has 0 aromatic heterocycles. The lowest BCUT2D eigenvalue weighted by molar-refractivity contribution is -0.135. The normalized spacial score (nSPS) is 21.4. The van der Waals surface area contributed by atoms with Crippen LogP contribution in [-0.2, 0) is 20.7 Å². The Labute approximate surface area is 189 Å². The molecule has 2 unspecified atom stereocenters. The van der Waals surface area contributed by atoms with Crippen LogP contribution in [0.3, 0.4) is 0 Å². The van der Waals surface area contributed by atoms with Crippen molar-refractivity contribution in [3.63, 3.8) is 0 Å². The van der Waals surface area contributed by atoms with Gasteiger partial charge in [0.25, 0.3) is 0 Å². The summed E-state index contributed by atoms with van der Waals surface area (Å²) < 4.78 is 11.1. The third-order valence-corrected chi connectivity index (χ3v) is 6.26. The number of piperidine rings is 1. The highest BCUT2D eigenvalue weighted by Gasteiger charge is 2.32. The SMILES string of the molecule is O=C1CCNC(c2ccc(OCCCC(=O)N3CCOCC3)cc2)C1Cc1ccccc1. The first-order valence-electron chi connectivity index (χ1n) is 11.6. The van der Waals surface area contributed by atoms with E-state index in [9.17, 15) is 9.59 Å². The van der Waals surface area contributed by atoms with Crippen molar-refractivity contribution in [2.45, 2.75) is 31.7 Å². The van der Waals surface area contributed by atoms with Gasteiger partial charge in [-0.3, -0.25) is 9.59 Å². The molecule has 2 saturated heterocycles. The van der Waals surface area contributed by atoms with Crippen LogP contribution >= 0.6 is 0 Å². The van der Waals surface area contributed by atoms with Gasteiger partial charge in [-0.05, 0) is 36.1 Å². The topological polar surface area (TPSA) is 67.9 Å². The number of nitrogens with zero attached hydrogens (tertiary/aromatic N) is 1. The van der Waals surface area contributed by atoms with E-state index in [1.165, 1.54) is 5.56 Å². The summed E-state index contributed by atoms with van der Waals surface area (Å²) in [7, 11) is 0. The summed E-state index contributed by atoms with van der Waals surface area (Å²) in [5.41, 5.74) is 2.29. The van der Waals surface area contributed by atoms with Crippen molar-refractivity contribution in [2.75, 3.05) is 39.5 Å².